The highest BCUT2D eigenvalue weighted by Gasteiger charge is 2.53. The molecular weight excluding hydrogens is 316 g/mol. The molecule has 0 aliphatic carbocycles. The first kappa shape index (κ1) is 16.9. The molecular formula is C15H18N4O3S. The Kier molecular flexibility index (Phi) is 4.95. The lowest BCUT2D eigenvalue weighted by molar-refractivity contribution is -0.149. The molecule has 0 saturated carbocycles. The predicted molar refractivity (Wildman–Crippen MR) is 90.9 cm³/mol. The van der Waals surface area contributed by atoms with Gasteiger partial charge in [-0.3, -0.25) is 15.1 Å². The van der Waals surface area contributed by atoms with Crippen LogP contribution in [-0.4, -0.2) is 34.8 Å². The van der Waals surface area contributed by atoms with E-state index in [1.54, 1.807) is 38.1 Å². The normalized spacial score (nSPS) is 22.3. The minimum atomic E-state index is -1.18. The maximum atomic E-state index is 12.7. The van der Waals surface area contributed by atoms with Gasteiger partial charge in [0.1, 0.15) is 11.3 Å². The van der Waals surface area contributed by atoms with Gasteiger partial charge in [-0.05, 0) is 38.2 Å². The fourth-order valence-electron chi connectivity index (χ4n) is 2.47. The SMILES string of the molecule is CCOC(=O)C1(C)CC(=NNC(N)=S)C(=O)N1c1ccccc1. The first-order valence-electron chi connectivity index (χ1n) is 7.09. The summed E-state index contributed by atoms with van der Waals surface area (Å²) in [5.74, 6) is -0.881. The van der Waals surface area contributed by atoms with Gasteiger partial charge >= 0.3 is 5.97 Å². The Labute approximate surface area is 139 Å². The van der Waals surface area contributed by atoms with Gasteiger partial charge in [-0.15, -0.1) is 0 Å². The average Bonchev–Trinajstić information content (AvgIpc) is 2.78. The van der Waals surface area contributed by atoms with Crippen molar-refractivity contribution < 1.29 is 14.3 Å². The van der Waals surface area contributed by atoms with Crippen LogP contribution in [0.4, 0.5) is 5.69 Å². The number of para-hydroxylation sites is 1. The molecule has 1 atom stereocenters. The molecule has 23 heavy (non-hydrogen) atoms. The van der Waals surface area contributed by atoms with E-state index >= 15 is 0 Å². The molecule has 1 heterocycles. The quantitative estimate of drug-likeness (QED) is 0.483. The number of hydrazone groups is 1. The maximum absolute atomic E-state index is 12.7. The zero-order valence-electron chi connectivity index (χ0n) is 12.9. The molecule has 1 fully saturated rings. The summed E-state index contributed by atoms with van der Waals surface area (Å²) in [5, 5.41) is 3.86. The van der Waals surface area contributed by atoms with Gasteiger partial charge in [0, 0.05) is 12.1 Å². The van der Waals surface area contributed by atoms with Crippen LogP contribution in [0, 0.1) is 0 Å². The van der Waals surface area contributed by atoms with Crippen molar-refractivity contribution in [3.8, 4) is 0 Å². The molecule has 1 aromatic carbocycles. The number of ether oxygens (including phenoxy) is 1. The van der Waals surface area contributed by atoms with E-state index in [4.69, 9.17) is 10.5 Å². The van der Waals surface area contributed by atoms with E-state index in [0.29, 0.717) is 5.69 Å². The maximum Gasteiger partial charge on any atom is 0.332 e. The molecule has 0 radical (unpaired) electrons. The highest BCUT2D eigenvalue weighted by molar-refractivity contribution is 7.80. The smallest absolute Gasteiger partial charge is 0.332 e. The van der Waals surface area contributed by atoms with Gasteiger partial charge in [0.05, 0.1) is 6.61 Å². The molecule has 3 N–H and O–H groups in total. The zero-order valence-corrected chi connectivity index (χ0v) is 13.7. The van der Waals surface area contributed by atoms with Crippen molar-refractivity contribution in [1.29, 1.82) is 0 Å². The fourth-order valence-corrected chi connectivity index (χ4v) is 2.52. The first-order valence-corrected chi connectivity index (χ1v) is 7.50. The Morgan fingerprint density at radius 2 is 2.13 bits per heavy atom. The summed E-state index contributed by atoms with van der Waals surface area (Å²) in [6.07, 6.45) is 0.0924. The first-order chi connectivity index (χ1) is 10.9. The Hall–Kier alpha value is -2.48. The van der Waals surface area contributed by atoms with Crippen molar-refractivity contribution >= 4 is 40.6 Å². The Morgan fingerprint density at radius 3 is 2.70 bits per heavy atom. The lowest BCUT2D eigenvalue weighted by Gasteiger charge is -2.32. The van der Waals surface area contributed by atoms with Crippen molar-refractivity contribution in [2.75, 3.05) is 11.5 Å². The van der Waals surface area contributed by atoms with Gasteiger partial charge in [0.2, 0.25) is 0 Å². The highest BCUT2D eigenvalue weighted by atomic mass is 32.1. The number of carbonyl (C=O) groups is 2. The van der Waals surface area contributed by atoms with Crippen molar-refractivity contribution in [3.63, 3.8) is 0 Å². The molecule has 1 unspecified atom stereocenters. The predicted octanol–water partition coefficient (Wildman–Crippen LogP) is 0.934. The molecule has 1 aromatic rings. The molecule has 2 rings (SSSR count). The second kappa shape index (κ2) is 6.74. The summed E-state index contributed by atoms with van der Waals surface area (Å²) in [6.45, 7) is 3.59. The van der Waals surface area contributed by atoms with Gasteiger partial charge < -0.3 is 10.5 Å². The zero-order chi connectivity index (χ0) is 17.0. The molecule has 1 aliphatic heterocycles. The monoisotopic (exact) mass is 334 g/mol. The number of hydrogen-bond donors (Lipinski definition) is 2. The summed E-state index contributed by atoms with van der Waals surface area (Å²) in [7, 11) is 0. The molecule has 7 nitrogen and oxygen atoms in total. The van der Waals surface area contributed by atoms with Crippen LogP contribution in [0.2, 0.25) is 0 Å². The van der Waals surface area contributed by atoms with Crippen LogP contribution < -0.4 is 16.1 Å². The third-order valence-corrected chi connectivity index (χ3v) is 3.58. The molecule has 122 valence electrons. The van der Waals surface area contributed by atoms with E-state index in [2.05, 4.69) is 22.7 Å². The number of hydrogen-bond acceptors (Lipinski definition) is 5. The van der Waals surface area contributed by atoms with Crippen LogP contribution in [0.1, 0.15) is 20.3 Å². The van der Waals surface area contributed by atoms with Crippen molar-refractivity contribution in [2.45, 2.75) is 25.8 Å². The number of nitrogens with one attached hydrogen (secondary N) is 1. The highest BCUT2D eigenvalue weighted by Crippen LogP contribution is 2.34. The van der Waals surface area contributed by atoms with Gasteiger partial charge in [0.25, 0.3) is 5.91 Å². The second-order valence-electron chi connectivity index (χ2n) is 5.18. The summed E-state index contributed by atoms with van der Waals surface area (Å²) in [4.78, 5) is 26.5. The van der Waals surface area contributed by atoms with Gasteiger partial charge in [-0.25, -0.2) is 4.79 Å². The average molecular weight is 334 g/mol. The topological polar surface area (TPSA) is 97.0 Å². The molecule has 0 bridgehead atoms. The molecule has 0 spiro atoms. The van der Waals surface area contributed by atoms with Crippen LogP contribution in [0.5, 0.6) is 0 Å². The van der Waals surface area contributed by atoms with E-state index in [1.165, 1.54) is 4.90 Å². The van der Waals surface area contributed by atoms with Crippen molar-refractivity contribution in [1.82, 2.24) is 5.43 Å². The van der Waals surface area contributed by atoms with E-state index in [-0.39, 0.29) is 23.9 Å². The molecule has 0 aromatic heterocycles. The van der Waals surface area contributed by atoms with E-state index < -0.39 is 17.4 Å². The summed E-state index contributed by atoms with van der Waals surface area (Å²) in [5.41, 5.74) is 7.31. The number of benzene rings is 1. The van der Waals surface area contributed by atoms with Crippen LogP contribution in [0.15, 0.2) is 35.4 Å². The number of amides is 1. The number of nitrogens with zero attached hydrogens (tertiary/aromatic N) is 2. The van der Waals surface area contributed by atoms with Gasteiger partial charge in [0.15, 0.2) is 5.11 Å². The van der Waals surface area contributed by atoms with Crippen LogP contribution in [-0.2, 0) is 14.3 Å². The number of thiocarbonyl (C=S) groups is 1. The standard InChI is InChI=1S/C15H18N4O3S/c1-3-22-13(21)15(2)9-11(17-18-14(16)23)12(20)19(15)10-7-5-4-6-8-10/h4-8H,3,9H2,1-2H3,(H3,16,18,23). The summed E-state index contributed by atoms with van der Waals surface area (Å²) < 4.78 is 5.14. The van der Waals surface area contributed by atoms with Crippen LogP contribution in [0.25, 0.3) is 0 Å². The minimum absolute atomic E-state index is 0.0544. The van der Waals surface area contributed by atoms with Gasteiger partial charge in [-0.2, -0.15) is 5.10 Å². The third kappa shape index (κ3) is 3.31. The van der Waals surface area contributed by atoms with Gasteiger partial charge in [-0.1, -0.05) is 18.2 Å². The van der Waals surface area contributed by atoms with E-state index in [0.717, 1.165) is 0 Å². The number of rotatable bonds is 4. The minimum Gasteiger partial charge on any atom is -0.464 e. The number of esters is 1. The Bertz CT molecular complexity index is 662. The largest absolute Gasteiger partial charge is 0.464 e. The Balaban J connectivity index is 2.45. The van der Waals surface area contributed by atoms with Crippen LogP contribution in [0.3, 0.4) is 0 Å². The molecule has 1 saturated heterocycles. The second-order valence-corrected chi connectivity index (χ2v) is 5.62. The number of anilines is 1. The lowest BCUT2D eigenvalue weighted by atomic mass is 9.98. The summed E-state index contributed by atoms with van der Waals surface area (Å²) in [6, 6.07) is 8.90. The fraction of sp³-hybridized carbons (Fsp3) is 0.333. The molecule has 1 aliphatic rings. The number of nitrogens with two attached hydrogens (primary N) is 1. The lowest BCUT2D eigenvalue weighted by Crippen LogP contribution is -2.50. The molecule has 1 amide bonds. The molecule has 8 heteroatoms. The van der Waals surface area contributed by atoms with Crippen molar-refractivity contribution in [2.24, 2.45) is 10.8 Å². The third-order valence-electron chi connectivity index (χ3n) is 3.49. The van der Waals surface area contributed by atoms with E-state index in [1.807, 2.05) is 6.07 Å². The van der Waals surface area contributed by atoms with Crippen molar-refractivity contribution in [3.05, 3.63) is 30.3 Å². The van der Waals surface area contributed by atoms with E-state index in [9.17, 15) is 9.59 Å². The van der Waals surface area contributed by atoms with Crippen LogP contribution >= 0.6 is 12.2 Å². The number of carbonyl (C=O) groups excluding carboxylic acids is 2. The Morgan fingerprint density at radius 1 is 1.48 bits per heavy atom. The summed E-state index contributed by atoms with van der Waals surface area (Å²) >= 11 is 4.69.